The molecule has 0 fully saturated rings. The van der Waals surface area contributed by atoms with Gasteiger partial charge in [-0.2, -0.15) is 0 Å². The van der Waals surface area contributed by atoms with Crippen molar-refractivity contribution in [1.82, 2.24) is 63.4 Å². The number of nitrogens with one attached hydrogen (secondary N) is 11. The number of esters is 1. The number of allylic oxidation sites excluding steroid dienone is 1. The topological polar surface area (TPSA) is 367 Å². The SMILES string of the molecule is C=CCCC(=O)N[C@@H](C)C(=O)N[C@@H](N[C@@H](C)C=O)C(=O)N(CC=C)[C@H](N[C@@H](C)C=O)C(=O)N[C@H](N[C@@H](C)C=O)C(=O)N[C@H](N[C@@H](C)C=O)C(=O)N[C@@H](C)C(=O)N[C@H](N[C@@H](C)C=O)C(=O)OC. The minimum atomic E-state index is -1.94. The molecule has 0 aliphatic rings. The lowest BCUT2D eigenvalue weighted by atomic mass is 10.2. The van der Waals surface area contributed by atoms with Crippen molar-refractivity contribution in [3.05, 3.63) is 25.3 Å². The maximum atomic E-state index is 14.3. The molecule has 26 heteroatoms. The molecule has 0 spiro atoms. The number of carbonyl (C=O) groups is 13. The normalized spacial score (nSPS) is 16.2. The molecule has 11 N–H and O–H groups in total. The molecule has 0 radical (unpaired) electrons. The molecule has 368 valence electrons. The number of nitrogens with zero attached hydrogens (tertiary/aromatic N) is 1. The van der Waals surface area contributed by atoms with Gasteiger partial charge in [-0.3, -0.25) is 60.1 Å². The summed E-state index contributed by atoms with van der Waals surface area (Å²) in [6, 6.07) is -8.13. The summed E-state index contributed by atoms with van der Waals surface area (Å²) >= 11 is 0. The van der Waals surface area contributed by atoms with Crippen LogP contribution in [0, 0.1) is 0 Å². The summed E-state index contributed by atoms with van der Waals surface area (Å²) in [7, 11) is 1.03. The van der Waals surface area contributed by atoms with E-state index in [1.165, 1.54) is 60.6 Å². The minimum Gasteiger partial charge on any atom is -0.466 e. The van der Waals surface area contributed by atoms with E-state index in [2.05, 4.69) is 76.4 Å². The van der Waals surface area contributed by atoms with Gasteiger partial charge in [0.2, 0.25) is 17.7 Å². The number of aldehydes is 5. The van der Waals surface area contributed by atoms with Gasteiger partial charge in [-0.1, -0.05) is 12.2 Å². The van der Waals surface area contributed by atoms with Crippen LogP contribution in [-0.4, -0.2) is 170 Å². The molecule has 26 nitrogen and oxygen atoms in total. The largest absolute Gasteiger partial charge is 0.466 e. The molecular weight excluding hydrogens is 873 g/mol. The third-order valence-electron chi connectivity index (χ3n) is 8.78. The van der Waals surface area contributed by atoms with Crippen molar-refractivity contribution >= 4 is 78.8 Å². The van der Waals surface area contributed by atoms with Crippen molar-refractivity contribution < 1.29 is 67.1 Å². The van der Waals surface area contributed by atoms with Crippen LogP contribution < -0.4 is 58.5 Å². The molecule has 12 atom stereocenters. The molecule has 0 unspecified atom stereocenters. The van der Waals surface area contributed by atoms with Crippen LogP contribution in [0.3, 0.4) is 0 Å². The summed E-state index contributed by atoms with van der Waals surface area (Å²) < 4.78 is 4.63. The molecule has 0 saturated heterocycles. The quantitative estimate of drug-likeness (QED) is 0.0124. The van der Waals surface area contributed by atoms with Gasteiger partial charge in [0.25, 0.3) is 23.6 Å². The number of ether oxygens (including phenoxy) is 1. The number of rotatable bonds is 34. The first-order chi connectivity index (χ1) is 31.1. The van der Waals surface area contributed by atoms with E-state index in [-0.39, 0.29) is 6.42 Å². The van der Waals surface area contributed by atoms with Gasteiger partial charge < -0.3 is 65.5 Å². The zero-order chi connectivity index (χ0) is 50.7. The molecule has 7 amide bonds. The zero-order valence-corrected chi connectivity index (χ0v) is 38.2. The highest BCUT2D eigenvalue weighted by molar-refractivity contribution is 5.97. The molecule has 0 heterocycles. The van der Waals surface area contributed by atoms with Crippen molar-refractivity contribution in [2.45, 2.75) is 134 Å². The Bertz CT molecular complexity index is 1750. The Morgan fingerprint density at radius 2 is 0.864 bits per heavy atom. The smallest absolute Gasteiger partial charge is 0.343 e. The van der Waals surface area contributed by atoms with Crippen LogP contribution in [0.4, 0.5) is 0 Å². The first-order valence-electron chi connectivity index (χ1n) is 20.6. The van der Waals surface area contributed by atoms with Gasteiger partial charge in [0.15, 0.2) is 30.8 Å². The Hall–Kier alpha value is -6.61. The van der Waals surface area contributed by atoms with Crippen LogP contribution in [0.15, 0.2) is 25.3 Å². The number of hydrogen-bond acceptors (Lipinski definition) is 19. The average molecular weight is 937 g/mol. The molecule has 0 saturated carbocycles. The molecule has 0 aromatic rings. The molecule has 0 bridgehead atoms. The lowest BCUT2D eigenvalue weighted by molar-refractivity contribution is -0.147. The highest BCUT2D eigenvalue weighted by atomic mass is 16.5. The van der Waals surface area contributed by atoms with E-state index < -0.39 is 127 Å². The molecule has 0 aromatic heterocycles. The summed E-state index contributed by atoms with van der Waals surface area (Å²) in [5, 5.41) is 26.7. The van der Waals surface area contributed by atoms with E-state index in [0.29, 0.717) is 37.9 Å². The predicted molar refractivity (Wildman–Crippen MR) is 233 cm³/mol. The van der Waals surface area contributed by atoms with Crippen LogP contribution >= 0.6 is 0 Å². The van der Waals surface area contributed by atoms with Crippen molar-refractivity contribution in [3.63, 3.8) is 0 Å². The van der Waals surface area contributed by atoms with Gasteiger partial charge in [-0.25, -0.2) is 4.79 Å². The highest BCUT2D eigenvalue weighted by Gasteiger charge is 2.38. The number of carbonyl (C=O) groups excluding carboxylic acids is 13. The van der Waals surface area contributed by atoms with Crippen molar-refractivity contribution in [3.8, 4) is 0 Å². The van der Waals surface area contributed by atoms with E-state index in [4.69, 9.17) is 0 Å². The molecule has 0 aliphatic carbocycles. The number of methoxy groups -OCH3 is 1. The fourth-order valence-corrected chi connectivity index (χ4v) is 5.21. The Morgan fingerprint density at radius 1 is 0.485 bits per heavy atom. The van der Waals surface area contributed by atoms with E-state index in [9.17, 15) is 62.3 Å². The second-order valence-corrected chi connectivity index (χ2v) is 14.8. The third-order valence-corrected chi connectivity index (χ3v) is 8.78. The molecule has 0 rings (SSSR count). The Morgan fingerprint density at radius 3 is 1.30 bits per heavy atom. The minimum absolute atomic E-state index is 0.0106. The molecule has 0 aliphatic heterocycles. The zero-order valence-electron chi connectivity index (χ0n) is 38.2. The standard InChI is InChI=1S/C40H64N12O14/c1-11-13-14-28(58)46-26(8)34(59)50-31(43-23(5)18-55)39(64)52(15-12-2)33(45-25(7)20-57)38(63)49-30(42-22(4)17-54)37(62)48-29(41-21(3)16-53)36(61)47-27(9)35(60)51-32(40(65)66-10)44-24(6)19-56/h11-12,16-27,29-33,41-45H,1-2,13-15H2,3-10H3,(H,46,58)(H,47,61)(H,48,62)(H,49,63)(H,50,59)(H,51,60)/t21-,22-,23-,24-,25-,26-,27-,29-,30-,31+,32-,33-/m0/s1. The first kappa shape index (κ1) is 59.4. The Balaban J connectivity index is 6.93. The fraction of sp³-hybridized carbons (Fsp3) is 0.575. The van der Waals surface area contributed by atoms with Crippen molar-refractivity contribution in [1.29, 1.82) is 0 Å². The monoisotopic (exact) mass is 936 g/mol. The van der Waals surface area contributed by atoms with Gasteiger partial charge >= 0.3 is 5.97 Å². The lowest BCUT2D eigenvalue weighted by Gasteiger charge is -2.36. The van der Waals surface area contributed by atoms with Gasteiger partial charge in [0, 0.05) is 13.0 Å². The van der Waals surface area contributed by atoms with Gasteiger partial charge in [0.05, 0.1) is 37.3 Å². The van der Waals surface area contributed by atoms with Crippen LogP contribution in [0.5, 0.6) is 0 Å². The fourth-order valence-electron chi connectivity index (χ4n) is 5.21. The Labute approximate surface area is 382 Å². The van der Waals surface area contributed by atoms with E-state index >= 15 is 0 Å². The van der Waals surface area contributed by atoms with Gasteiger partial charge in [-0.05, 0) is 54.9 Å². The van der Waals surface area contributed by atoms with Crippen molar-refractivity contribution in [2.75, 3.05) is 13.7 Å². The van der Waals surface area contributed by atoms with Gasteiger partial charge in [0.1, 0.15) is 43.5 Å². The third kappa shape index (κ3) is 21.4. The first-order valence-corrected chi connectivity index (χ1v) is 20.6. The summed E-state index contributed by atoms with van der Waals surface area (Å²) in [6.45, 7) is 15.8. The highest BCUT2D eigenvalue weighted by Crippen LogP contribution is 2.06. The molecule has 0 aromatic carbocycles. The second kappa shape index (κ2) is 31.3. The van der Waals surface area contributed by atoms with E-state index in [1.807, 2.05) is 0 Å². The number of hydrogen-bond donors (Lipinski definition) is 11. The summed E-state index contributed by atoms with van der Waals surface area (Å²) in [5.74, 6) is -8.02. The summed E-state index contributed by atoms with van der Waals surface area (Å²) in [4.78, 5) is 166. The van der Waals surface area contributed by atoms with Crippen LogP contribution in [0.25, 0.3) is 0 Å². The predicted octanol–water partition coefficient (Wildman–Crippen LogP) is -5.87. The van der Waals surface area contributed by atoms with Crippen molar-refractivity contribution in [2.24, 2.45) is 0 Å². The maximum Gasteiger partial charge on any atom is 0.343 e. The van der Waals surface area contributed by atoms with Crippen LogP contribution in [-0.2, 0) is 67.1 Å². The second-order valence-electron chi connectivity index (χ2n) is 14.8. The van der Waals surface area contributed by atoms with E-state index in [0.717, 1.165) is 12.0 Å². The number of amides is 7. The lowest BCUT2D eigenvalue weighted by Crippen LogP contribution is -2.69. The van der Waals surface area contributed by atoms with Crippen LogP contribution in [0.1, 0.15) is 61.3 Å². The molecular formula is C40H64N12O14. The maximum absolute atomic E-state index is 14.3. The molecule has 66 heavy (non-hydrogen) atoms. The van der Waals surface area contributed by atoms with E-state index in [1.54, 1.807) is 0 Å². The van der Waals surface area contributed by atoms with Crippen LogP contribution in [0.2, 0.25) is 0 Å². The average Bonchev–Trinajstić information content (AvgIpc) is 3.29. The van der Waals surface area contributed by atoms with Gasteiger partial charge in [-0.15, -0.1) is 13.2 Å². The summed E-state index contributed by atoms with van der Waals surface area (Å²) in [5.41, 5.74) is 0. The summed E-state index contributed by atoms with van der Waals surface area (Å²) in [6.07, 6.45) is -4.03. The Kier molecular flexibility index (Phi) is 28.2.